The van der Waals surface area contributed by atoms with E-state index in [1.807, 2.05) is 0 Å². The number of benzene rings is 2. The van der Waals surface area contributed by atoms with Crippen molar-refractivity contribution in [1.29, 1.82) is 0 Å². The van der Waals surface area contributed by atoms with Crippen LogP contribution in [-0.2, 0) is 28.6 Å². The summed E-state index contributed by atoms with van der Waals surface area (Å²) in [6.07, 6.45) is -4.44. The number of carbonyl (C=O) groups is 5. The number of aliphatic carboxylic acids is 2. The van der Waals surface area contributed by atoms with Gasteiger partial charge in [0.05, 0.1) is 18.2 Å². The lowest BCUT2D eigenvalue weighted by Crippen LogP contribution is -2.45. The first-order chi connectivity index (χ1) is 18.8. The van der Waals surface area contributed by atoms with Gasteiger partial charge in [-0.3, -0.25) is 4.79 Å². The molecule has 1 saturated carbocycles. The van der Waals surface area contributed by atoms with Crippen molar-refractivity contribution < 1.29 is 48.4 Å². The Morgan fingerprint density at radius 1 is 0.800 bits per heavy atom. The Labute approximate surface area is 231 Å². The SMILES string of the molecule is COC(=O)[C@H]1NC[C@H]2[C@@H]1C2(C)C.Cc1ccc(C(=O)O[C@H](C(=O)O)[C@H](OC(=O)c2ccc(C)cc2)C(=O)O)cc1. The van der Waals surface area contributed by atoms with E-state index in [0.717, 1.165) is 17.7 Å². The second-order valence-electron chi connectivity index (χ2n) is 10.4. The van der Waals surface area contributed by atoms with Crippen molar-refractivity contribution in [3.63, 3.8) is 0 Å². The molecule has 1 aliphatic carbocycles. The monoisotopic (exact) mass is 555 g/mol. The van der Waals surface area contributed by atoms with E-state index in [9.17, 15) is 34.2 Å². The Kier molecular flexibility index (Phi) is 9.31. The normalized spacial score (nSPS) is 21.4. The van der Waals surface area contributed by atoms with Crippen molar-refractivity contribution in [2.45, 2.75) is 45.9 Å². The van der Waals surface area contributed by atoms with Crippen LogP contribution in [0.15, 0.2) is 48.5 Å². The quantitative estimate of drug-likeness (QED) is 0.324. The molecule has 11 heteroatoms. The lowest BCUT2D eigenvalue weighted by molar-refractivity contribution is -0.166. The predicted octanol–water partition coefficient (Wildman–Crippen LogP) is 2.63. The average Bonchev–Trinajstić information content (AvgIpc) is 3.22. The van der Waals surface area contributed by atoms with Gasteiger partial charge in [-0.05, 0) is 61.9 Å². The molecular formula is C29H33NO10. The molecule has 214 valence electrons. The van der Waals surface area contributed by atoms with Gasteiger partial charge < -0.3 is 29.7 Å². The number of carboxylic acids is 2. The van der Waals surface area contributed by atoms with E-state index < -0.39 is 36.1 Å². The highest BCUT2D eigenvalue weighted by molar-refractivity contribution is 5.95. The largest absolute Gasteiger partial charge is 0.478 e. The minimum absolute atomic E-state index is 0.0332. The number of hydrogen-bond donors (Lipinski definition) is 3. The molecule has 1 saturated heterocycles. The number of nitrogens with one attached hydrogen (secondary N) is 1. The molecule has 0 radical (unpaired) electrons. The fraction of sp³-hybridized carbons (Fsp3) is 0.414. The maximum absolute atomic E-state index is 12.2. The van der Waals surface area contributed by atoms with Crippen LogP contribution in [0, 0.1) is 31.1 Å². The highest BCUT2D eigenvalue weighted by Gasteiger charge is 2.66. The molecule has 0 bridgehead atoms. The Morgan fingerprint density at radius 2 is 1.20 bits per heavy atom. The minimum Gasteiger partial charge on any atom is -0.478 e. The van der Waals surface area contributed by atoms with E-state index in [1.54, 1.807) is 38.1 Å². The third-order valence-electron chi connectivity index (χ3n) is 7.32. The molecule has 2 aromatic rings. The van der Waals surface area contributed by atoms with Crippen molar-refractivity contribution in [2.24, 2.45) is 17.3 Å². The summed E-state index contributed by atoms with van der Waals surface area (Å²) in [6.45, 7) is 9.00. The number of rotatable bonds is 8. The van der Waals surface area contributed by atoms with Crippen molar-refractivity contribution in [1.82, 2.24) is 5.32 Å². The van der Waals surface area contributed by atoms with Crippen LogP contribution in [0.1, 0.15) is 45.7 Å². The van der Waals surface area contributed by atoms with Crippen molar-refractivity contribution in [2.75, 3.05) is 13.7 Å². The third-order valence-corrected chi connectivity index (χ3v) is 7.32. The number of methoxy groups -OCH3 is 1. The number of fused-ring (bicyclic) bond motifs is 1. The number of piperidine rings is 1. The zero-order valence-corrected chi connectivity index (χ0v) is 22.9. The molecule has 1 heterocycles. The van der Waals surface area contributed by atoms with Gasteiger partial charge >= 0.3 is 29.8 Å². The summed E-state index contributed by atoms with van der Waals surface area (Å²) in [7, 11) is 1.45. The summed E-state index contributed by atoms with van der Waals surface area (Å²) >= 11 is 0. The van der Waals surface area contributed by atoms with Crippen molar-refractivity contribution in [3.8, 4) is 0 Å². The number of ether oxygens (including phenoxy) is 3. The van der Waals surface area contributed by atoms with Gasteiger partial charge in [-0.15, -0.1) is 0 Å². The van der Waals surface area contributed by atoms with Crippen LogP contribution in [-0.4, -0.2) is 72.0 Å². The molecule has 11 nitrogen and oxygen atoms in total. The predicted molar refractivity (Wildman–Crippen MR) is 141 cm³/mol. The van der Waals surface area contributed by atoms with Gasteiger partial charge in [0, 0.05) is 0 Å². The van der Waals surface area contributed by atoms with Gasteiger partial charge in [0.1, 0.15) is 6.04 Å². The number of aryl methyl sites for hydroxylation is 2. The third kappa shape index (κ3) is 6.84. The summed E-state index contributed by atoms with van der Waals surface area (Å²) < 4.78 is 14.4. The molecule has 0 unspecified atom stereocenters. The van der Waals surface area contributed by atoms with E-state index >= 15 is 0 Å². The summed E-state index contributed by atoms with van der Waals surface area (Å²) in [4.78, 5) is 58.6. The number of hydrogen-bond acceptors (Lipinski definition) is 9. The molecule has 2 aromatic carbocycles. The molecule has 0 aromatic heterocycles. The van der Waals surface area contributed by atoms with E-state index in [0.29, 0.717) is 17.3 Å². The lowest BCUT2D eigenvalue weighted by Gasteiger charge is -2.21. The van der Waals surface area contributed by atoms with E-state index in [4.69, 9.17) is 14.2 Å². The van der Waals surface area contributed by atoms with Gasteiger partial charge in [0.15, 0.2) is 0 Å². The van der Waals surface area contributed by atoms with Gasteiger partial charge in [-0.1, -0.05) is 49.2 Å². The molecule has 40 heavy (non-hydrogen) atoms. The van der Waals surface area contributed by atoms with Crippen molar-refractivity contribution >= 4 is 29.8 Å². The molecule has 2 aliphatic rings. The van der Waals surface area contributed by atoms with Crippen molar-refractivity contribution in [3.05, 3.63) is 70.8 Å². The Bertz CT molecular complexity index is 1190. The van der Waals surface area contributed by atoms with Crippen LogP contribution >= 0.6 is 0 Å². The van der Waals surface area contributed by atoms with Crippen LogP contribution < -0.4 is 5.32 Å². The standard InChI is InChI=1S/C20H18O8.C9H15NO2/c1-11-3-7-13(8-4-11)19(25)27-15(17(21)22)16(18(23)24)28-20(26)14-9-5-12(2)6-10-14;1-9(2)5-4-10-7(6(5)9)8(11)12-3/h3-10,15-16H,1-2H3,(H,21,22)(H,23,24);5-7,10H,4H2,1-3H3/t15-,16-;5-,6-,7-/m00/s1. The zero-order valence-electron chi connectivity index (χ0n) is 22.9. The first-order valence-electron chi connectivity index (χ1n) is 12.6. The Balaban J connectivity index is 0.000000302. The highest BCUT2D eigenvalue weighted by atomic mass is 16.6. The van der Waals surface area contributed by atoms with Crippen LogP contribution in [0.5, 0.6) is 0 Å². The molecule has 1 aliphatic heterocycles. The van der Waals surface area contributed by atoms with Crippen LogP contribution in [0.4, 0.5) is 0 Å². The second kappa shape index (κ2) is 12.3. The fourth-order valence-corrected chi connectivity index (χ4v) is 4.81. The van der Waals surface area contributed by atoms with Gasteiger partial charge in [0.2, 0.25) is 12.2 Å². The van der Waals surface area contributed by atoms with Gasteiger partial charge in [-0.2, -0.15) is 0 Å². The second-order valence-corrected chi connectivity index (χ2v) is 10.4. The first-order valence-corrected chi connectivity index (χ1v) is 12.6. The first kappa shape index (κ1) is 30.3. The Hall–Kier alpha value is -4.25. The fourth-order valence-electron chi connectivity index (χ4n) is 4.81. The number of esters is 3. The summed E-state index contributed by atoms with van der Waals surface area (Å²) in [5.41, 5.74) is 2.14. The maximum Gasteiger partial charge on any atom is 0.349 e. The summed E-state index contributed by atoms with van der Waals surface area (Å²) in [6, 6.07) is 12.0. The highest BCUT2D eigenvalue weighted by Crippen LogP contribution is 2.62. The zero-order chi connectivity index (χ0) is 29.8. The van der Waals surface area contributed by atoms with Gasteiger partial charge in [0.25, 0.3) is 0 Å². The smallest absolute Gasteiger partial charge is 0.349 e. The summed E-state index contributed by atoms with van der Waals surface area (Å²) in [5, 5.41) is 21.8. The lowest BCUT2D eigenvalue weighted by atomic mass is 10.0. The van der Waals surface area contributed by atoms with Gasteiger partial charge in [-0.25, -0.2) is 19.2 Å². The van der Waals surface area contributed by atoms with E-state index in [1.165, 1.54) is 31.4 Å². The molecule has 2 fully saturated rings. The molecule has 0 amide bonds. The molecule has 5 atom stereocenters. The molecule has 4 rings (SSSR count). The molecule has 0 spiro atoms. The Morgan fingerprint density at radius 3 is 1.50 bits per heavy atom. The van der Waals surface area contributed by atoms with E-state index in [-0.39, 0.29) is 23.1 Å². The minimum atomic E-state index is -2.22. The topological polar surface area (TPSA) is 166 Å². The van der Waals surface area contributed by atoms with Crippen LogP contribution in [0.2, 0.25) is 0 Å². The molecular weight excluding hydrogens is 522 g/mol. The van der Waals surface area contributed by atoms with E-state index in [2.05, 4.69) is 19.2 Å². The maximum atomic E-state index is 12.2. The molecule has 3 N–H and O–H groups in total. The number of carboxylic acid groups (broad SMARTS) is 2. The number of carbonyl (C=O) groups excluding carboxylic acids is 3. The van der Waals surface area contributed by atoms with Crippen LogP contribution in [0.25, 0.3) is 0 Å². The van der Waals surface area contributed by atoms with Crippen LogP contribution in [0.3, 0.4) is 0 Å². The summed E-state index contributed by atoms with van der Waals surface area (Å²) in [5.74, 6) is -4.54. The average molecular weight is 556 g/mol.